The van der Waals surface area contributed by atoms with Gasteiger partial charge in [-0.05, 0) is 18.3 Å². The second-order valence-corrected chi connectivity index (χ2v) is 4.83. The van der Waals surface area contributed by atoms with Crippen LogP contribution in [0, 0.1) is 17.3 Å². The van der Waals surface area contributed by atoms with Crippen molar-refractivity contribution in [2.75, 3.05) is 6.54 Å². The van der Waals surface area contributed by atoms with Gasteiger partial charge in [0.25, 0.3) is 0 Å². The molecule has 13 heavy (non-hydrogen) atoms. The Morgan fingerprint density at radius 2 is 2.15 bits per heavy atom. The third kappa shape index (κ3) is 0.847. The summed E-state index contributed by atoms with van der Waals surface area (Å²) in [6.07, 6.45) is 3.28. The summed E-state index contributed by atoms with van der Waals surface area (Å²) in [4.78, 5) is 22.3. The van der Waals surface area contributed by atoms with E-state index in [-0.39, 0.29) is 11.3 Å². The van der Waals surface area contributed by atoms with Gasteiger partial charge in [-0.1, -0.05) is 0 Å². The van der Waals surface area contributed by atoms with E-state index in [1.54, 1.807) is 0 Å². The van der Waals surface area contributed by atoms with E-state index in [0.29, 0.717) is 24.0 Å². The maximum atomic E-state index is 11.2. The first-order valence-corrected chi connectivity index (χ1v) is 4.98. The molecule has 0 bridgehead atoms. The third-order valence-electron chi connectivity index (χ3n) is 4.11. The van der Waals surface area contributed by atoms with Crippen LogP contribution in [0.4, 0.5) is 0 Å². The van der Waals surface area contributed by atoms with E-state index in [9.17, 15) is 9.59 Å². The van der Waals surface area contributed by atoms with Crippen molar-refractivity contribution in [2.24, 2.45) is 17.3 Å². The average molecular weight is 179 g/mol. The van der Waals surface area contributed by atoms with Crippen molar-refractivity contribution in [3.63, 3.8) is 0 Å². The Morgan fingerprint density at radius 1 is 1.31 bits per heavy atom. The van der Waals surface area contributed by atoms with E-state index >= 15 is 0 Å². The Labute approximate surface area is 76.9 Å². The standard InChI is InChI=1S/C10H13NO2/c12-7-1-6-3-10(8(6)2-7)4-9(13)11-5-10/h6,8H,1-5H2,(H,11,13)/t6-,8-,10?/m1/s1. The van der Waals surface area contributed by atoms with Gasteiger partial charge in [0.15, 0.2) is 0 Å². The average Bonchev–Trinajstić information content (AvgIpc) is 2.56. The number of Topliss-reactive ketones (excluding diaryl/α,β-unsaturated/α-hetero) is 1. The van der Waals surface area contributed by atoms with Crippen LogP contribution in [0.1, 0.15) is 25.7 Å². The molecule has 3 nitrogen and oxygen atoms in total. The van der Waals surface area contributed by atoms with Crippen LogP contribution in [0.25, 0.3) is 0 Å². The van der Waals surface area contributed by atoms with E-state index in [1.807, 2.05) is 0 Å². The SMILES string of the molecule is O=C1C[C@@H]2CC3(CNC(=O)C3)[C@@H]2C1. The zero-order valence-corrected chi connectivity index (χ0v) is 7.51. The number of nitrogens with one attached hydrogen (secondary N) is 1. The van der Waals surface area contributed by atoms with Crippen molar-refractivity contribution in [2.45, 2.75) is 25.7 Å². The number of rotatable bonds is 0. The molecule has 3 fully saturated rings. The highest BCUT2D eigenvalue weighted by molar-refractivity contribution is 5.84. The van der Waals surface area contributed by atoms with Crippen molar-refractivity contribution >= 4 is 11.7 Å². The first-order valence-electron chi connectivity index (χ1n) is 4.98. The quantitative estimate of drug-likeness (QED) is 0.588. The molecule has 0 aromatic rings. The van der Waals surface area contributed by atoms with Gasteiger partial charge in [0.2, 0.25) is 5.91 Å². The van der Waals surface area contributed by atoms with Gasteiger partial charge in [-0.3, -0.25) is 9.59 Å². The van der Waals surface area contributed by atoms with Gasteiger partial charge < -0.3 is 5.32 Å². The Kier molecular flexibility index (Phi) is 1.24. The van der Waals surface area contributed by atoms with E-state index < -0.39 is 0 Å². The molecule has 1 unspecified atom stereocenters. The third-order valence-corrected chi connectivity index (χ3v) is 4.11. The minimum atomic E-state index is 0.179. The fourth-order valence-electron chi connectivity index (χ4n) is 3.50. The van der Waals surface area contributed by atoms with Crippen LogP contribution in [0.3, 0.4) is 0 Å². The number of fused-ring (bicyclic) bond motifs is 2. The summed E-state index contributed by atoms with van der Waals surface area (Å²) >= 11 is 0. The van der Waals surface area contributed by atoms with Crippen molar-refractivity contribution in [1.29, 1.82) is 0 Å². The summed E-state index contributed by atoms with van der Waals surface area (Å²) in [5.74, 6) is 1.73. The highest BCUT2D eigenvalue weighted by Gasteiger charge is 2.59. The van der Waals surface area contributed by atoms with E-state index in [2.05, 4.69) is 5.32 Å². The second-order valence-electron chi connectivity index (χ2n) is 4.83. The lowest BCUT2D eigenvalue weighted by molar-refractivity contribution is -0.121. The van der Waals surface area contributed by atoms with Crippen LogP contribution >= 0.6 is 0 Å². The molecule has 0 aromatic heterocycles. The minimum absolute atomic E-state index is 0.179. The number of ketones is 1. The van der Waals surface area contributed by atoms with Crippen molar-refractivity contribution in [3.8, 4) is 0 Å². The number of hydrogen-bond donors (Lipinski definition) is 1. The summed E-state index contributed by atoms with van der Waals surface area (Å²) in [5.41, 5.74) is 0.188. The minimum Gasteiger partial charge on any atom is -0.356 e. The fraction of sp³-hybridized carbons (Fsp3) is 0.800. The van der Waals surface area contributed by atoms with Gasteiger partial charge in [0, 0.05) is 31.2 Å². The number of hydrogen-bond acceptors (Lipinski definition) is 2. The van der Waals surface area contributed by atoms with E-state index in [4.69, 9.17) is 0 Å². The van der Waals surface area contributed by atoms with Crippen molar-refractivity contribution in [3.05, 3.63) is 0 Å². The molecule has 3 rings (SSSR count). The Hall–Kier alpha value is -0.860. The molecule has 1 N–H and O–H groups in total. The van der Waals surface area contributed by atoms with Gasteiger partial charge in [0.05, 0.1) is 0 Å². The van der Waals surface area contributed by atoms with Crippen LogP contribution in [-0.4, -0.2) is 18.2 Å². The highest BCUT2D eigenvalue weighted by atomic mass is 16.2. The smallest absolute Gasteiger partial charge is 0.220 e. The predicted octanol–water partition coefficient (Wildman–Crippen LogP) is 0.492. The summed E-state index contributed by atoms with van der Waals surface area (Å²) in [5, 5.41) is 2.89. The Balaban J connectivity index is 1.82. The van der Waals surface area contributed by atoms with Crippen LogP contribution < -0.4 is 5.32 Å². The zero-order chi connectivity index (χ0) is 9.05. The molecule has 2 saturated carbocycles. The molecule has 0 aromatic carbocycles. The fourth-order valence-corrected chi connectivity index (χ4v) is 3.50. The highest BCUT2D eigenvalue weighted by Crippen LogP contribution is 2.60. The molecule has 70 valence electrons. The molecule has 1 amide bonds. The van der Waals surface area contributed by atoms with E-state index in [0.717, 1.165) is 25.8 Å². The van der Waals surface area contributed by atoms with Gasteiger partial charge in [-0.15, -0.1) is 0 Å². The van der Waals surface area contributed by atoms with Gasteiger partial charge in [-0.25, -0.2) is 0 Å². The molecule has 1 aliphatic heterocycles. The largest absolute Gasteiger partial charge is 0.356 e. The van der Waals surface area contributed by atoms with Crippen LogP contribution in [0.5, 0.6) is 0 Å². The molecule has 1 spiro atoms. The number of carbonyl (C=O) groups excluding carboxylic acids is 2. The van der Waals surface area contributed by atoms with Gasteiger partial charge in [0.1, 0.15) is 5.78 Å². The molecule has 3 atom stereocenters. The first-order chi connectivity index (χ1) is 6.20. The van der Waals surface area contributed by atoms with E-state index in [1.165, 1.54) is 0 Å². The maximum absolute atomic E-state index is 11.2. The summed E-state index contributed by atoms with van der Waals surface area (Å²) < 4.78 is 0. The first kappa shape index (κ1) is 7.54. The summed E-state index contributed by atoms with van der Waals surface area (Å²) in [6, 6.07) is 0. The summed E-state index contributed by atoms with van der Waals surface area (Å²) in [7, 11) is 0. The molecule has 3 aliphatic rings. The monoisotopic (exact) mass is 179 g/mol. The predicted molar refractivity (Wildman–Crippen MR) is 45.9 cm³/mol. The summed E-state index contributed by atoms with van der Waals surface area (Å²) in [6.45, 7) is 0.820. The lowest BCUT2D eigenvalue weighted by atomic mass is 9.54. The lowest BCUT2D eigenvalue weighted by Crippen LogP contribution is -2.46. The van der Waals surface area contributed by atoms with Crippen molar-refractivity contribution in [1.82, 2.24) is 5.32 Å². The zero-order valence-electron chi connectivity index (χ0n) is 7.51. The normalized spacial score (nSPS) is 47.7. The number of carbonyl (C=O) groups is 2. The van der Waals surface area contributed by atoms with Crippen LogP contribution in [0.15, 0.2) is 0 Å². The second kappa shape index (κ2) is 2.14. The van der Waals surface area contributed by atoms with Gasteiger partial charge in [-0.2, -0.15) is 0 Å². The lowest BCUT2D eigenvalue weighted by Gasteiger charge is -2.49. The maximum Gasteiger partial charge on any atom is 0.220 e. The van der Waals surface area contributed by atoms with Crippen molar-refractivity contribution < 1.29 is 9.59 Å². The Morgan fingerprint density at radius 3 is 2.77 bits per heavy atom. The Bertz CT molecular complexity index is 297. The molecule has 0 radical (unpaired) electrons. The topological polar surface area (TPSA) is 46.2 Å². The molecule has 1 saturated heterocycles. The molecular weight excluding hydrogens is 166 g/mol. The molecule has 2 aliphatic carbocycles. The molecule has 3 heteroatoms. The molecule has 1 heterocycles. The van der Waals surface area contributed by atoms with Gasteiger partial charge >= 0.3 is 0 Å². The number of amides is 1. The molecular formula is C10H13NO2. The van der Waals surface area contributed by atoms with Crippen LogP contribution in [-0.2, 0) is 9.59 Å². The van der Waals surface area contributed by atoms with Crippen LogP contribution in [0.2, 0.25) is 0 Å².